The van der Waals surface area contributed by atoms with Crippen molar-refractivity contribution in [2.75, 3.05) is 12.4 Å². The highest BCUT2D eigenvalue weighted by atomic mass is 16.5. The lowest BCUT2D eigenvalue weighted by Crippen LogP contribution is -2.11. The number of rotatable bonds is 7. The number of hydrogen-bond donors (Lipinski definition) is 1. The fraction of sp³-hybridized carbons (Fsp3) is 0.350. The van der Waals surface area contributed by atoms with Crippen molar-refractivity contribution < 1.29 is 9.53 Å². The van der Waals surface area contributed by atoms with Crippen molar-refractivity contribution in [2.45, 2.75) is 39.5 Å². The van der Waals surface area contributed by atoms with Crippen LogP contribution in [0.2, 0.25) is 0 Å². The Morgan fingerprint density at radius 2 is 1.78 bits per heavy atom. The number of carbonyl (C=O) groups is 1. The molecule has 23 heavy (non-hydrogen) atoms. The topological polar surface area (TPSA) is 38.3 Å². The van der Waals surface area contributed by atoms with E-state index >= 15 is 0 Å². The van der Waals surface area contributed by atoms with Crippen LogP contribution in [0.1, 0.15) is 36.5 Å². The summed E-state index contributed by atoms with van der Waals surface area (Å²) in [5.41, 5.74) is 4.51. The summed E-state index contributed by atoms with van der Waals surface area (Å²) in [6.07, 6.45) is 3.27. The van der Waals surface area contributed by atoms with E-state index < -0.39 is 0 Å². The van der Waals surface area contributed by atoms with E-state index in [4.69, 9.17) is 4.74 Å². The Kier molecular flexibility index (Phi) is 6.21. The third-order valence-electron chi connectivity index (χ3n) is 3.97. The Morgan fingerprint density at radius 3 is 2.39 bits per heavy atom. The number of benzene rings is 2. The predicted octanol–water partition coefficient (Wildman–Crippen LogP) is 4.53. The Bertz CT molecular complexity index is 647. The van der Waals surface area contributed by atoms with E-state index in [2.05, 4.69) is 36.5 Å². The summed E-state index contributed by atoms with van der Waals surface area (Å²) < 4.78 is 5.26. The molecule has 0 saturated carbocycles. The second-order valence-electron chi connectivity index (χ2n) is 5.76. The molecule has 122 valence electrons. The lowest BCUT2D eigenvalue weighted by atomic mass is 10.0. The number of ether oxygens (including phenoxy) is 1. The van der Waals surface area contributed by atoms with Crippen molar-refractivity contribution in [3.05, 3.63) is 59.2 Å². The fourth-order valence-electron chi connectivity index (χ4n) is 2.60. The van der Waals surface area contributed by atoms with Gasteiger partial charge >= 0.3 is 0 Å². The maximum atomic E-state index is 12.0. The number of nitrogens with one attached hydrogen (secondary N) is 1. The number of amides is 1. The number of anilines is 1. The van der Waals surface area contributed by atoms with Crippen LogP contribution >= 0.6 is 0 Å². The molecule has 2 aromatic rings. The summed E-state index contributed by atoms with van der Waals surface area (Å²) in [7, 11) is 1.68. The normalized spacial score (nSPS) is 10.4. The van der Waals surface area contributed by atoms with Crippen LogP contribution in [0.4, 0.5) is 5.69 Å². The molecule has 2 aromatic carbocycles. The lowest BCUT2D eigenvalue weighted by molar-refractivity contribution is -0.116. The van der Waals surface area contributed by atoms with Crippen molar-refractivity contribution in [2.24, 2.45) is 0 Å². The van der Waals surface area contributed by atoms with Crippen LogP contribution in [-0.2, 0) is 17.6 Å². The molecular weight excluding hydrogens is 286 g/mol. The molecule has 3 heteroatoms. The predicted molar refractivity (Wildman–Crippen MR) is 95.1 cm³/mol. The lowest BCUT2D eigenvalue weighted by Gasteiger charge is -2.08. The van der Waals surface area contributed by atoms with Gasteiger partial charge in [-0.15, -0.1) is 0 Å². The fourth-order valence-corrected chi connectivity index (χ4v) is 2.60. The molecular formula is C20H25NO2. The summed E-state index contributed by atoms with van der Waals surface area (Å²) in [6.45, 7) is 4.16. The van der Waals surface area contributed by atoms with Crippen LogP contribution in [0.25, 0.3) is 0 Å². The molecule has 0 fully saturated rings. The smallest absolute Gasteiger partial charge is 0.224 e. The van der Waals surface area contributed by atoms with Gasteiger partial charge in [-0.05, 0) is 61.1 Å². The third kappa shape index (κ3) is 5.13. The summed E-state index contributed by atoms with van der Waals surface area (Å²) in [5.74, 6) is 0.974. The van der Waals surface area contributed by atoms with Gasteiger partial charge < -0.3 is 10.1 Å². The summed E-state index contributed by atoms with van der Waals surface area (Å²) in [5, 5.41) is 2.95. The number of methoxy groups -OCH3 is 1. The second kappa shape index (κ2) is 8.37. The minimum atomic E-state index is 0.0690. The van der Waals surface area contributed by atoms with E-state index in [9.17, 15) is 4.79 Å². The first-order valence-electron chi connectivity index (χ1n) is 8.14. The Balaban J connectivity index is 1.79. The van der Waals surface area contributed by atoms with E-state index in [1.807, 2.05) is 25.1 Å². The van der Waals surface area contributed by atoms with Gasteiger partial charge in [-0.2, -0.15) is 0 Å². The molecule has 1 N–H and O–H groups in total. The first kappa shape index (κ1) is 17.1. The second-order valence-corrected chi connectivity index (χ2v) is 5.76. The van der Waals surface area contributed by atoms with Crippen molar-refractivity contribution in [3.63, 3.8) is 0 Å². The van der Waals surface area contributed by atoms with Gasteiger partial charge in [-0.25, -0.2) is 0 Å². The van der Waals surface area contributed by atoms with Gasteiger partial charge in [0.05, 0.1) is 7.11 Å². The Labute approximate surface area is 138 Å². The van der Waals surface area contributed by atoms with Crippen molar-refractivity contribution in [1.82, 2.24) is 0 Å². The van der Waals surface area contributed by atoms with E-state index in [0.717, 1.165) is 36.3 Å². The summed E-state index contributed by atoms with van der Waals surface area (Å²) >= 11 is 0. The molecule has 3 nitrogen and oxygen atoms in total. The molecule has 0 aliphatic rings. The van der Waals surface area contributed by atoms with Crippen LogP contribution < -0.4 is 10.1 Å². The van der Waals surface area contributed by atoms with Crippen molar-refractivity contribution in [3.8, 4) is 5.75 Å². The molecule has 0 unspecified atom stereocenters. The molecule has 2 rings (SSSR count). The maximum Gasteiger partial charge on any atom is 0.224 e. The van der Waals surface area contributed by atoms with Gasteiger partial charge in [0.1, 0.15) is 5.75 Å². The van der Waals surface area contributed by atoms with E-state index in [1.165, 1.54) is 11.1 Å². The van der Waals surface area contributed by atoms with Gasteiger partial charge in [-0.1, -0.05) is 31.2 Å². The van der Waals surface area contributed by atoms with E-state index in [1.54, 1.807) is 7.11 Å². The molecule has 1 amide bonds. The van der Waals surface area contributed by atoms with E-state index in [0.29, 0.717) is 6.42 Å². The zero-order chi connectivity index (χ0) is 16.7. The minimum absolute atomic E-state index is 0.0690. The largest absolute Gasteiger partial charge is 0.496 e. The highest BCUT2D eigenvalue weighted by Crippen LogP contribution is 2.19. The van der Waals surface area contributed by atoms with Gasteiger partial charge in [0.15, 0.2) is 0 Å². The molecule has 0 heterocycles. The Morgan fingerprint density at radius 1 is 1.09 bits per heavy atom. The molecule has 0 saturated heterocycles. The van der Waals surface area contributed by atoms with Crippen molar-refractivity contribution >= 4 is 11.6 Å². The maximum absolute atomic E-state index is 12.0. The summed E-state index contributed by atoms with van der Waals surface area (Å²) in [6, 6.07) is 14.2. The molecule has 0 aliphatic heterocycles. The molecule has 0 spiro atoms. The van der Waals surface area contributed by atoms with Gasteiger partial charge in [-0.3, -0.25) is 4.79 Å². The summed E-state index contributed by atoms with van der Waals surface area (Å²) in [4.78, 5) is 12.0. The standard InChI is InChI=1S/C20H25NO2/c1-4-16-8-11-18(12-9-16)21-20(22)7-5-6-17-10-13-19(23-3)15(2)14-17/h8-14H,4-7H2,1-3H3,(H,21,22). The average Bonchev–Trinajstić information content (AvgIpc) is 2.56. The first-order chi connectivity index (χ1) is 11.1. The van der Waals surface area contributed by atoms with Gasteiger partial charge in [0.2, 0.25) is 5.91 Å². The number of aryl methyl sites for hydroxylation is 3. The zero-order valence-corrected chi connectivity index (χ0v) is 14.2. The monoisotopic (exact) mass is 311 g/mol. The van der Waals surface area contributed by atoms with Crippen molar-refractivity contribution in [1.29, 1.82) is 0 Å². The van der Waals surface area contributed by atoms with Gasteiger partial charge in [0.25, 0.3) is 0 Å². The molecule has 0 aliphatic carbocycles. The van der Waals surface area contributed by atoms with Gasteiger partial charge in [0, 0.05) is 12.1 Å². The first-order valence-corrected chi connectivity index (χ1v) is 8.14. The van der Waals surface area contributed by atoms with E-state index in [-0.39, 0.29) is 5.91 Å². The average molecular weight is 311 g/mol. The molecule has 0 atom stereocenters. The van der Waals surface area contributed by atoms with Crippen LogP contribution in [0.15, 0.2) is 42.5 Å². The van der Waals surface area contributed by atoms with Crippen LogP contribution in [0, 0.1) is 6.92 Å². The zero-order valence-electron chi connectivity index (χ0n) is 14.2. The molecule has 0 aromatic heterocycles. The SMILES string of the molecule is CCc1ccc(NC(=O)CCCc2ccc(OC)c(C)c2)cc1. The number of hydrogen-bond acceptors (Lipinski definition) is 2. The Hall–Kier alpha value is -2.29. The highest BCUT2D eigenvalue weighted by Gasteiger charge is 2.04. The highest BCUT2D eigenvalue weighted by molar-refractivity contribution is 5.90. The minimum Gasteiger partial charge on any atom is -0.496 e. The van der Waals surface area contributed by atoms with Crippen LogP contribution in [0.5, 0.6) is 5.75 Å². The third-order valence-corrected chi connectivity index (χ3v) is 3.97. The molecule has 0 bridgehead atoms. The molecule has 0 radical (unpaired) electrons. The van der Waals surface area contributed by atoms with Crippen LogP contribution in [0.3, 0.4) is 0 Å². The van der Waals surface area contributed by atoms with Crippen LogP contribution in [-0.4, -0.2) is 13.0 Å². The number of carbonyl (C=O) groups excluding carboxylic acids is 1. The quantitative estimate of drug-likeness (QED) is 0.816.